The third-order valence-corrected chi connectivity index (χ3v) is 6.58. The molecule has 142 valence electrons. The number of nitrogens with zero attached hydrogens (tertiary/aromatic N) is 6. The average Bonchev–Trinajstić information content (AvgIpc) is 3.16. The van der Waals surface area contributed by atoms with E-state index in [2.05, 4.69) is 34.3 Å². The highest BCUT2D eigenvalue weighted by molar-refractivity contribution is 5.81. The monoisotopic (exact) mass is 360 g/mol. The fourth-order valence-electron chi connectivity index (χ4n) is 5.11. The zero-order valence-electron chi connectivity index (χ0n) is 15.6. The molecule has 4 rings (SSSR count). The van der Waals surface area contributed by atoms with Crippen molar-refractivity contribution < 1.29 is 9.59 Å². The van der Waals surface area contributed by atoms with Crippen molar-refractivity contribution in [3.05, 3.63) is 6.33 Å². The molecule has 0 aliphatic carbocycles. The Hall–Kier alpha value is -1.99. The molecule has 5 atom stereocenters. The fraction of sp³-hybridized carbons (Fsp3) is 0.833. The van der Waals surface area contributed by atoms with E-state index in [0.717, 1.165) is 45.3 Å². The zero-order valence-corrected chi connectivity index (χ0v) is 15.6. The predicted octanol–water partition coefficient (Wildman–Crippen LogP) is 1.12. The molecular formula is C18H28N6O2. The van der Waals surface area contributed by atoms with Gasteiger partial charge in [0.15, 0.2) is 0 Å². The second-order valence-electron chi connectivity index (χ2n) is 8.23. The summed E-state index contributed by atoms with van der Waals surface area (Å²) in [5.41, 5.74) is 0. The Labute approximate surface area is 153 Å². The van der Waals surface area contributed by atoms with Crippen LogP contribution in [-0.2, 0) is 9.59 Å². The third kappa shape index (κ3) is 2.99. The first kappa shape index (κ1) is 17.4. The number of hydrogen-bond acceptors (Lipinski definition) is 5. The van der Waals surface area contributed by atoms with Crippen molar-refractivity contribution in [2.45, 2.75) is 58.0 Å². The number of fused-ring (bicyclic) bond motifs is 4. The maximum Gasteiger partial charge on any atom is 0.247 e. The molecule has 3 aliphatic rings. The second-order valence-corrected chi connectivity index (χ2v) is 8.23. The van der Waals surface area contributed by atoms with Crippen molar-refractivity contribution in [2.24, 2.45) is 17.8 Å². The molecule has 2 bridgehead atoms. The third-order valence-electron chi connectivity index (χ3n) is 6.58. The molecule has 3 aliphatic heterocycles. The molecule has 0 saturated carbocycles. The minimum atomic E-state index is -0.349. The second kappa shape index (κ2) is 6.96. The lowest BCUT2D eigenvalue weighted by Gasteiger charge is -2.52. The lowest BCUT2D eigenvalue weighted by Crippen LogP contribution is -2.61. The van der Waals surface area contributed by atoms with Crippen LogP contribution >= 0.6 is 0 Å². The average molecular weight is 360 g/mol. The maximum absolute atomic E-state index is 13.4. The van der Waals surface area contributed by atoms with Crippen LogP contribution in [0, 0.1) is 17.8 Å². The number of tetrazole rings is 1. The van der Waals surface area contributed by atoms with Gasteiger partial charge in [0, 0.05) is 32.1 Å². The molecule has 8 heteroatoms. The molecule has 2 amide bonds. The molecule has 0 radical (unpaired) electrons. The van der Waals surface area contributed by atoms with Gasteiger partial charge in [-0.1, -0.05) is 20.3 Å². The van der Waals surface area contributed by atoms with E-state index in [0.29, 0.717) is 30.2 Å². The number of aromatic nitrogens is 4. The van der Waals surface area contributed by atoms with Crippen molar-refractivity contribution in [1.29, 1.82) is 0 Å². The zero-order chi connectivity index (χ0) is 18.3. The van der Waals surface area contributed by atoms with Crippen LogP contribution in [0.3, 0.4) is 0 Å². The molecule has 0 aromatic carbocycles. The Morgan fingerprint density at radius 2 is 2.19 bits per heavy atom. The maximum atomic E-state index is 13.4. The summed E-state index contributed by atoms with van der Waals surface area (Å²) in [4.78, 5) is 29.8. The lowest BCUT2D eigenvalue weighted by atomic mass is 9.75. The van der Waals surface area contributed by atoms with Gasteiger partial charge >= 0.3 is 0 Å². The quantitative estimate of drug-likeness (QED) is 0.803. The van der Waals surface area contributed by atoms with Gasteiger partial charge in [-0.15, -0.1) is 5.10 Å². The number of hydrogen-bond donors (Lipinski definition) is 0. The van der Waals surface area contributed by atoms with Crippen LogP contribution in [-0.4, -0.2) is 67.5 Å². The van der Waals surface area contributed by atoms with Crippen LogP contribution in [0.15, 0.2) is 6.33 Å². The van der Waals surface area contributed by atoms with Gasteiger partial charge in [0.05, 0.1) is 0 Å². The van der Waals surface area contributed by atoms with Crippen LogP contribution in [0.2, 0.25) is 0 Å². The normalized spacial score (nSPS) is 30.7. The number of likely N-dealkylation sites (tertiary alicyclic amines) is 1. The van der Waals surface area contributed by atoms with Crippen molar-refractivity contribution in [3.8, 4) is 0 Å². The van der Waals surface area contributed by atoms with Gasteiger partial charge in [-0.05, 0) is 47.4 Å². The molecule has 0 spiro atoms. The first-order valence-electron chi connectivity index (χ1n) is 9.89. The number of carbonyl (C=O) groups excluding carboxylic acids is 2. The predicted molar refractivity (Wildman–Crippen MR) is 93.8 cm³/mol. The topological polar surface area (TPSA) is 84.2 Å². The summed E-state index contributed by atoms with van der Waals surface area (Å²) in [6.45, 7) is 6.46. The largest absolute Gasteiger partial charge is 0.340 e. The summed E-state index contributed by atoms with van der Waals surface area (Å²) in [6.07, 6.45) is 6.32. The highest BCUT2D eigenvalue weighted by Gasteiger charge is 2.46. The van der Waals surface area contributed by atoms with Crippen LogP contribution in [0.4, 0.5) is 0 Å². The van der Waals surface area contributed by atoms with E-state index in [1.54, 1.807) is 11.0 Å². The van der Waals surface area contributed by atoms with Gasteiger partial charge in [-0.2, -0.15) is 0 Å². The van der Waals surface area contributed by atoms with E-state index >= 15 is 0 Å². The van der Waals surface area contributed by atoms with Crippen molar-refractivity contribution in [1.82, 2.24) is 30.0 Å². The van der Waals surface area contributed by atoms with E-state index in [1.807, 2.05) is 4.90 Å². The number of piperidine rings is 3. The van der Waals surface area contributed by atoms with Crippen LogP contribution in [0.1, 0.15) is 52.0 Å². The highest BCUT2D eigenvalue weighted by atomic mass is 16.2. The van der Waals surface area contributed by atoms with Crippen molar-refractivity contribution in [3.63, 3.8) is 0 Å². The molecule has 1 aromatic rings. The first-order valence-corrected chi connectivity index (χ1v) is 9.89. The first-order chi connectivity index (χ1) is 12.6. The van der Waals surface area contributed by atoms with Gasteiger partial charge in [0.25, 0.3) is 0 Å². The molecule has 1 aromatic heterocycles. The van der Waals surface area contributed by atoms with Gasteiger partial charge in [-0.25, -0.2) is 4.68 Å². The lowest BCUT2D eigenvalue weighted by molar-refractivity contribution is -0.150. The molecular weight excluding hydrogens is 332 g/mol. The molecule has 26 heavy (non-hydrogen) atoms. The summed E-state index contributed by atoms with van der Waals surface area (Å²) < 4.78 is 1.61. The standard InChI is InChI=1S/C18H28N6O2/c1-3-12(2)17(24-11-19-20-21-24)18(26)22-8-13-7-14(10-22)15-5-4-6-16(25)23(15)9-13/h11-15,17H,3-10H2,1-2H3. The summed E-state index contributed by atoms with van der Waals surface area (Å²) in [5.74, 6) is 1.39. The molecule has 5 unspecified atom stereocenters. The summed E-state index contributed by atoms with van der Waals surface area (Å²) in [5, 5.41) is 11.5. The number of amides is 2. The molecule has 0 N–H and O–H groups in total. The van der Waals surface area contributed by atoms with E-state index in [-0.39, 0.29) is 17.9 Å². The summed E-state index contributed by atoms with van der Waals surface area (Å²) in [7, 11) is 0. The Balaban J connectivity index is 1.53. The minimum Gasteiger partial charge on any atom is -0.340 e. The van der Waals surface area contributed by atoms with E-state index in [9.17, 15) is 9.59 Å². The van der Waals surface area contributed by atoms with Gasteiger partial charge in [-0.3, -0.25) is 9.59 Å². The number of rotatable bonds is 4. The van der Waals surface area contributed by atoms with Gasteiger partial charge in [0.1, 0.15) is 12.4 Å². The summed E-state index contributed by atoms with van der Waals surface area (Å²) >= 11 is 0. The van der Waals surface area contributed by atoms with Crippen LogP contribution < -0.4 is 0 Å². The molecule has 4 heterocycles. The Morgan fingerprint density at radius 1 is 1.35 bits per heavy atom. The van der Waals surface area contributed by atoms with E-state index in [1.165, 1.54) is 0 Å². The minimum absolute atomic E-state index is 0.122. The highest BCUT2D eigenvalue weighted by Crippen LogP contribution is 2.38. The van der Waals surface area contributed by atoms with Crippen LogP contribution in [0.25, 0.3) is 0 Å². The van der Waals surface area contributed by atoms with Crippen molar-refractivity contribution >= 4 is 11.8 Å². The van der Waals surface area contributed by atoms with E-state index in [4.69, 9.17) is 0 Å². The number of carbonyl (C=O) groups is 2. The van der Waals surface area contributed by atoms with Crippen molar-refractivity contribution in [2.75, 3.05) is 19.6 Å². The molecule has 3 fully saturated rings. The Kier molecular flexibility index (Phi) is 4.67. The van der Waals surface area contributed by atoms with Gasteiger partial charge in [0.2, 0.25) is 11.8 Å². The molecule has 8 nitrogen and oxygen atoms in total. The smallest absolute Gasteiger partial charge is 0.247 e. The summed E-state index contributed by atoms with van der Waals surface area (Å²) in [6, 6.07) is -0.0314. The SMILES string of the molecule is CCC(C)C(C(=O)N1CC2CC(C1)C1CCCC(=O)N1C2)n1cnnn1. The van der Waals surface area contributed by atoms with Crippen LogP contribution in [0.5, 0.6) is 0 Å². The Bertz CT molecular complexity index is 663. The van der Waals surface area contributed by atoms with Gasteiger partial charge < -0.3 is 9.80 Å². The van der Waals surface area contributed by atoms with E-state index < -0.39 is 0 Å². The Morgan fingerprint density at radius 3 is 2.92 bits per heavy atom. The molecule has 3 saturated heterocycles. The fourth-order valence-corrected chi connectivity index (χ4v) is 5.11.